The number of allylic oxidation sites excluding steroid dienone is 2. The van der Waals surface area contributed by atoms with Crippen molar-refractivity contribution in [1.82, 2.24) is 0 Å². The van der Waals surface area contributed by atoms with Gasteiger partial charge in [-0.2, -0.15) is 0 Å². The summed E-state index contributed by atoms with van der Waals surface area (Å²) < 4.78 is 0. The quantitative estimate of drug-likeness (QED) is 0.450. The van der Waals surface area contributed by atoms with Gasteiger partial charge in [-0.05, 0) is 20.3 Å². The summed E-state index contributed by atoms with van der Waals surface area (Å²) >= 11 is 0. The molecule has 0 unspecified atom stereocenters. The third-order valence-electron chi connectivity index (χ3n) is 1.25. The summed E-state index contributed by atoms with van der Waals surface area (Å²) in [5.41, 5.74) is 1.46. The highest BCUT2D eigenvalue weighted by Gasteiger charge is 1.86. The lowest BCUT2D eigenvalue weighted by molar-refractivity contribution is -0.102. The van der Waals surface area contributed by atoms with E-state index in [0.717, 1.165) is 24.8 Å². The fourth-order valence-corrected chi connectivity index (χ4v) is 0.703. The maximum Gasteiger partial charge on any atom is 0.163 e. The minimum atomic E-state index is 0.537. The zero-order valence-electron chi connectivity index (χ0n) is 7.42. The molecule has 62 valence electrons. The molecule has 11 heavy (non-hydrogen) atoms. The summed E-state index contributed by atoms with van der Waals surface area (Å²) in [4.78, 5) is 14.2. The zero-order chi connectivity index (χ0) is 8.69. The Kier molecular flexibility index (Phi) is 5.35. The van der Waals surface area contributed by atoms with Gasteiger partial charge in [-0.1, -0.05) is 19.4 Å². The van der Waals surface area contributed by atoms with Crippen molar-refractivity contribution in [1.29, 1.82) is 0 Å². The van der Waals surface area contributed by atoms with E-state index in [1.807, 2.05) is 13.0 Å². The molecule has 0 amide bonds. The van der Waals surface area contributed by atoms with E-state index in [-0.39, 0.29) is 0 Å². The standard InChI is InChI=1S/C9H15NO/c1-4-5-6-8(2)10-9(3)7-11/h6-7H,4-5H2,1-3H3/b8-6-,10-9?. The molecule has 2 nitrogen and oxygen atoms in total. The average Bonchev–Trinajstić information content (AvgIpc) is 2.00. The second-order valence-corrected chi connectivity index (χ2v) is 2.51. The molecule has 0 saturated heterocycles. The number of hydrogen-bond donors (Lipinski definition) is 0. The Hall–Kier alpha value is -0.920. The summed E-state index contributed by atoms with van der Waals surface area (Å²) in [6, 6.07) is 0. The van der Waals surface area contributed by atoms with Crippen LogP contribution in [0.4, 0.5) is 0 Å². The topological polar surface area (TPSA) is 29.4 Å². The first-order valence-electron chi connectivity index (χ1n) is 3.88. The number of rotatable bonds is 4. The van der Waals surface area contributed by atoms with Gasteiger partial charge < -0.3 is 0 Å². The van der Waals surface area contributed by atoms with Gasteiger partial charge in [-0.25, -0.2) is 0 Å². The summed E-state index contributed by atoms with van der Waals surface area (Å²) in [7, 11) is 0. The van der Waals surface area contributed by atoms with Crippen LogP contribution >= 0.6 is 0 Å². The fourth-order valence-electron chi connectivity index (χ4n) is 0.703. The van der Waals surface area contributed by atoms with Gasteiger partial charge in [0.15, 0.2) is 6.29 Å². The van der Waals surface area contributed by atoms with Gasteiger partial charge >= 0.3 is 0 Å². The number of aldehydes is 1. The van der Waals surface area contributed by atoms with Crippen LogP contribution in [-0.4, -0.2) is 12.0 Å². The first-order chi connectivity index (χ1) is 5.20. The van der Waals surface area contributed by atoms with Crippen molar-refractivity contribution >= 4 is 12.0 Å². The Morgan fingerprint density at radius 1 is 1.45 bits per heavy atom. The number of aliphatic imine (C=N–C) groups is 1. The van der Waals surface area contributed by atoms with E-state index in [9.17, 15) is 4.79 Å². The van der Waals surface area contributed by atoms with Crippen LogP contribution in [0.2, 0.25) is 0 Å². The van der Waals surface area contributed by atoms with E-state index in [4.69, 9.17) is 0 Å². The molecule has 0 aromatic rings. The Morgan fingerprint density at radius 2 is 2.09 bits per heavy atom. The van der Waals surface area contributed by atoms with Crippen molar-refractivity contribution in [3.05, 3.63) is 11.8 Å². The van der Waals surface area contributed by atoms with Crippen LogP contribution in [0.5, 0.6) is 0 Å². The Morgan fingerprint density at radius 3 is 2.55 bits per heavy atom. The van der Waals surface area contributed by atoms with Gasteiger partial charge in [0.1, 0.15) is 0 Å². The molecule has 0 N–H and O–H groups in total. The van der Waals surface area contributed by atoms with Crippen LogP contribution < -0.4 is 0 Å². The molecule has 0 aliphatic rings. The van der Waals surface area contributed by atoms with E-state index in [0.29, 0.717) is 5.71 Å². The Balaban J connectivity index is 4.03. The van der Waals surface area contributed by atoms with Gasteiger partial charge in [0, 0.05) is 5.70 Å². The van der Waals surface area contributed by atoms with Crippen LogP contribution in [0.1, 0.15) is 33.6 Å². The number of carbonyl (C=O) groups is 1. The van der Waals surface area contributed by atoms with Crippen LogP contribution in [-0.2, 0) is 4.79 Å². The smallest absolute Gasteiger partial charge is 0.163 e. The highest BCUT2D eigenvalue weighted by Crippen LogP contribution is 1.99. The predicted molar refractivity (Wildman–Crippen MR) is 47.8 cm³/mol. The number of unbranched alkanes of at least 4 members (excludes halogenated alkanes) is 1. The van der Waals surface area contributed by atoms with E-state index in [1.54, 1.807) is 6.92 Å². The van der Waals surface area contributed by atoms with Crippen molar-refractivity contribution in [3.63, 3.8) is 0 Å². The maximum absolute atomic E-state index is 10.2. The van der Waals surface area contributed by atoms with Crippen LogP contribution in [0.25, 0.3) is 0 Å². The number of carbonyl (C=O) groups excluding carboxylic acids is 1. The van der Waals surface area contributed by atoms with Crippen LogP contribution in [0.15, 0.2) is 16.8 Å². The van der Waals surface area contributed by atoms with Gasteiger partial charge in [0.05, 0.1) is 5.71 Å². The summed E-state index contributed by atoms with van der Waals surface area (Å²) in [5, 5.41) is 0. The minimum absolute atomic E-state index is 0.537. The van der Waals surface area contributed by atoms with Crippen molar-refractivity contribution in [2.75, 3.05) is 0 Å². The fraction of sp³-hybridized carbons (Fsp3) is 0.556. The molecule has 0 aliphatic heterocycles. The molecule has 0 rings (SSSR count). The van der Waals surface area contributed by atoms with Crippen molar-refractivity contribution < 1.29 is 4.79 Å². The van der Waals surface area contributed by atoms with Crippen LogP contribution in [0.3, 0.4) is 0 Å². The van der Waals surface area contributed by atoms with E-state index < -0.39 is 0 Å². The second-order valence-electron chi connectivity index (χ2n) is 2.51. The molecule has 0 spiro atoms. The van der Waals surface area contributed by atoms with Gasteiger partial charge in [0.25, 0.3) is 0 Å². The SMILES string of the molecule is CCC/C=C(/C)N=C(C)C=O. The van der Waals surface area contributed by atoms with Crippen molar-refractivity contribution in [2.24, 2.45) is 4.99 Å². The lowest BCUT2D eigenvalue weighted by atomic mass is 10.3. The summed E-state index contributed by atoms with van der Waals surface area (Å²) in [6.45, 7) is 5.72. The molecular weight excluding hydrogens is 138 g/mol. The monoisotopic (exact) mass is 153 g/mol. The molecule has 0 aromatic carbocycles. The molecule has 0 saturated carbocycles. The van der Waals surface area contributed by atoms with Crippen LogP contribution in [0, 0.1) is 0 Å². The number of hydrogen-bond acceptors (Lipinski definition) is 2. The lowest BCUT2D eigenvalue weighted by Gasteiger charge is -1.91. The first kappa shape index (κ1) is 10.1. The van der Waals surface area contributed by atoms with E-state index >= 15 is 0 Å². The summed E-state index contributed by atoms with van der Waals surface area (Å²) in [5.74, 6) is 0. The van der Waals surface area contributed by atoms with Crippen molar-refractivity contribution in [2.45, 2.75) is 33.6 Å². The molecule has 0 radical (unpaired) electrons. The largest absolute Gasteiger partial charge is 0.297 e. The summed E-state index contributed by atoms with van der Waals surface area (Å²) in [6.07, 6.45) is 4.95. The third kappa shape index (κ3) is 5.52. The highest BCUT2D eigenvalue weighted by molar-refractivity contribution is 6.27. The third-order valence-corrected chi connectivity index (χ3v) is 1.25. The van der Waals surface area contributed by atoms with Gasteiger partial charge in [-0.15, -0.1) is 0 Å². The molecule has 2 heteroatoms. The second kappa shape index (κ2) is 5.83. The van der Waals surface area contributed by atoms with Gasteiger partial charge in [0.2, 0.25) is 0 Å². The molecule has 0 atom stereocenters. The number of nitrogens with zero attached hydrogens (tertiary/aromatic N) is 1. The highest BCUT2D eigenvalue weighted by atomic mass is 16.1. The first-order valence-corrected chi connectivity index (χ1v) is 3.88. The Labute approximate surface area is 68.0 Å². The predicted octanol–water partition coefficient (Wildman–Crippen LogP) is 2.35. The molecule has 0 aromatic heterocycles. The molecule has 0 fully saturated rings. The lowest BCUT2D eigenvalue weighted by Crippen LogP contribution is -1.91. The normalized spacial score (nSPS) is 13.4. The van der Waals surface area contributed by atoms with E-state index in [2.05, 4.69) is 11.9 Å². The zero-order valence-corrected chi connectivity index (χ0v) is 7.42. The molecule has 0 aliphatic carbocycles. The van der Waals surface area contributed by atoms with Gasteiger partial charge in [-0.3, -0.25) is 9.79 Å². The molecular formula is C9H15NO. The average molecular weight is 153 g/mol. The van der Waals surface area contributed by atoms with E-state index in [1.165, 1.54) is 0 Å². The molecule has 0 heterocycles. The Bertz CT molecular complexity index is 180. The maximum atomic E-state index is 10.2. The van der Waals surface area contributed by atoms with Crippen molar-refractivity contribution in [3.8, 4) is 0 Å². The molecule has 0 bridgehead atoms. The minimum Gasteiger partial charge on any atom is -0.297 e.